The van der Waals surface area contributed by atoms with E-state index < -0.39 is 5.97 Å². The lowest BCUT2D eigenvalue weighted by Crippen LogP contribution is -2.11. The third-order valence-corrected chi connectivity index (χ3v) is 2.27. The van der Waals surface area contributed by atoms with Crippen LogP contribution in [-0.2, 0) is 20.7 Å². The van der Waals surface area contributed by atoms with Crippen molar-refractivity contribution in [3.05, 3.63) is 29.3 Å². The topological polar surface area (TPSA) is 78.6 Å². The standard InChI is InChI=1S/C13H17NO4/c1-3-17-12(15)8-9-5-6-11(14)10(7-9)13(16)18-4-2/h5-7H,3-4,8,14H2,1-2H3. The second-order valence-corrected chi connectivity index (χ2v) is 3.62. The van der Waals surface area contributed by atoms with Crippen LogP contribution < -0.4 is 5.73 Å². The van der Waals surface area contributed by atoms with Gasteiger partial charge in [0.25, 0.3) is 0 Å². The molecule has 5 heteroatoms. The Morgan fingerprint density at radius 3 is 2.44 bits per heavy atom. The number of rotatable bonds is 5. The lowest BCUT2D eigenvalue weighted by atomic mass is 10.1. The molecule has 0 aliphatic carbocycles. The van der Waals surface area contributed by atoms with Crippen LogP contribution in [0.4, 0.5) is 5.69 Å². The van der Waals surface area contributed by atoms with Crippen molar-refractivity contribution < 1.29 is 19.1 Å². The van der Waals surface area contributed by atoms with Gasteiger partial charge in [-0.3, -0.25) is 4.79 Å². The maximum Gasteiger partial charge on any atom is 0.340 e. The van der Waals surface area contributed by atoms with E-state index in [9.17, 15) is 9.59 Å². The molecule has 0 amide bonds. The predicted octanol–water partition coefficient (Wildman–Crippen LogP) is 1.55. The molecule has 0 saturated carbocycles. The Morgan fingerprint density at radius 2 is 1.83 bits per heavy atom. The van der Waals surface area contributed by atoms with Crippen molar-refractivity contribution in [3.8, 4) is 0 Å². The van der Waals surface area contributed by atoms with Gasteiger partial charge >= 0.3 is 11.9 Å². The SMILES string of the molecule is CCOC(=O)Cc1ccc(N)c(C(=O)OCC)c1. The number of nitrogen functional groups attached to an aromatic ring is 1. The first-order valence-corrected chi connectivity index (χ1v) is 5.79. The number of hydrogen-bond acceptors (Lipinski definition) is 5. The van der Waals surface area contributed by atoms with Gasteiger partial charge in [-0.05, 0) is 31.5 Å². The fourth-order valence-corrected chi connectivity index (χ4v) is 1.48. The number of carbonyl (C=O) groups is 2. The first-order chi connectivity index (χ1) is 8.58. The Kier molecular flexibility index (Phi) is 5.17. The molecule has 0 unspecified atom stereocenters. The van der Waals surface area contributed by atoms with Crippen LogP contribution >= 0.6 is 0 Å². The van der Waals surface area contributed by atoms with Crippen molar-refractivity contribution in [2.45, 2.75) is 20.3 Å². The Morgan fingerprint density at radius 1 is 1.17 bits per heavy atom. The highest BCUT2D eigenvalue weighted by molar-refractivity contribution is 5.95. The van der Waals surface area contributed by atoms with Crippen LogP contribution in [0.1, 0.15) is 29.8 Å². The van der Waals surface area contributed by atoms with E-state index >= 15 is 0 Å². The summed E-state index contributed by atoms with van der Waals surface area (Å²) in [5, 5.41) is 0. The number of anilines is 1. The van der Waals surface area contributed by atoms with Gasteiger partial charge in [0, 0.05) is 5.69 Å². The minimum absolute atomic E-state index is 0.112. The van der Waals surface area contributed by atoms with E-state index in [1.54, 1.807) is 32.0 Å². The minimum atomic E-state index is -0.485. The van der Waals surface area contributed by atoms with Crippen LogP contribution in [0.25, 0.3) is 0 Å². The number of ether oxygens (including phenoxy) is 2. The Bertz CT molecular complexity index is 443. The quantitative estimate of drug-likeness (QED) is 0.634. The van der Waals surface area contributed by atoms with Crippen molar-refractivity contribution in [1.29, 1.82) is 0 Å². The zero-order chi connectivity index (χ0) is 13.5. The lowest BCUT2D eigenvalue weighted by Gasteiger charge is -2.08. The zero-order valence-electron chi connectivity index (χ0n) is 10.6. The molecule has 0 radical (unpaired) electrons. The molecular formula is C13H17NO4. The van der Waals surface area contributed by atoms with Crippen LogP contribution in [0.3, 0.4) is 0 Å². The van der Waals surface area contributed by atoms with Crippen LogP contribution in [0.5, 0.6) is 0 Å². The first kappa shape index (κ1) is 14.0. The van der Waals surface area contributed by atoms with Gasteiger partial charge in [0.15, 0.2) is 0 Å². The minimum Gasteiger partial charge on any atom is -0.466 e. The van der Waals surface area contributed by atoms with Gasteiger partial charge in [-0.1, -0.05) is 6.07 Å². The van der Waals surface area contributed by atoms with Gasteiger partial charge in [-0.2, -0.15) is 0 Å². The van der Waals surface area contributed by atoms with Gasteiger partial charge < -0.3 is 15.2 Å². The van der Waals surface area contributed by atoms with Crippen molar-refractivity contribution in [3.63, 3.8) is 0 Å². The molecule has 0 fully saturated rings. The summed E-state index contributed by atoms with van der Waals surface area (Å²) in [4.78, 5) is 22.9. The molecule has 18 heavy (non-hydrogen) atoms. The molecule has 0 bridgehead atoms. The molecule has 1 rings (SSSR count). The fraction of sp³-hybridized carbons (Fsp3) is 0.385. The van der Waals surface area contributed by atoms with Crippen molar-refractivity contribution >= 4 is 17.6 Å². The molecule has 0 saturated heterocycles. The number of esters is 2. The van der Waals surface area contributed by atoms with E-state index in [1.807, 2.05) is 0 Å². The zero-order valence-corrected chi connectivity index (χ0v) is 10.6. The maximum atomic E-state index is 11.6. The summed E-state index contributed by atoms with van der Waals surface area (Å²) < 4.78 is 9.72. The largest absolute Gasteiger partial charge is 0.466 e. The number of nitrogens with two attached hydrogens (primary N) is 1. The van der Waals surface area contributed by atoms with Crippen LogP contribution in [0.15, 0.2) is 18.2 Å². The Hall–Kier alpha value is -2.04. The van der Waals surface area contributed by atoms with E-state index in [0.29, 0.717) is 17.9 Å². The van der Waals surface area contributed by atoms with Gasteiger partial charge in [0.2, 0.25) is 0 Å². The number of hydrogen-bond donors (Lipinski definition) is 1. The molecule has 98 valence electrons. The molecule has 0 heterocycles. The highest BCUT2D eigenvalue weighted by atomic mass is 16.5. The van der Waals surface area contributed by atoms with Gasteiger partial charge in [-0.15, -0.1) is 0 Å². The van der Waals surface area contributed by atoms with Gasteiger partial charge in [0.05, 0.1) is 25.2 Å². The lowest BCUT2D eigenvalue weighted by molar-refractivity contribution is -0.142. The van der Waals surface area contributed by atoms with E-state index in [4.69, 9.17) is 15.2 Å². The average molecular weight is 251 g/mol. The highest BCUT2D eigenvalue weighted by Gasteiger charge is 2.13. The summed E-state index contributed by atoms with van der Waals surface area (Å²) in [5.41, 5.74) is 6.98. The molecule has 1 aromatic carbocycles. The normalized spacial score (nSPS) is 9.89. The number of carbonyl (C=O) groups excluding carboxylic acids is 2. The molecule has 0 atom stereocenters. The molecular weight excluding hydrogens is 234 g/mol. The molecule has 0 aromatic heterocycles. The van der Waals surface area contributed by atoms with E-state index in [0.717, 1.165) is 0 Å². The summed E-state index contributed by atoms with van der Waals surface area (Å²) in [7, 11) is 0. The molecule has 2 N–H and O–H groups in total. The summed E-state index contributed by atoms with van der Waals surface area (Å²) in [6.07, 6.45) is 0.112. The van der Waals surface area contributed by atoms with Crippen LogP contribution in [0, 0.1) is 0 Å². The van der Waals surface area contributed by atoms with E-state index in [1.165, 1.54) is 0 Å². The molecule has 0 aliphatic rings. The molecule has 1 aromatic rings. The van der Waals surface area contributed by atoms with E-state index in [2.05, 4.69) is 0 Å². The van der Waals surface area contributed by atoms with Gasteiger partial charge in [0.1, 0.15) is 0 Å². The Balaban J connectivity index is 2.86. The van der Waals surface area contributed by atoms with Crippen molar-refractivity contribution in [2.24, 2.45) is 0 Å². The predicted molar refractivity (Wildman–Crippen MR) is 67.1 cm³/mol. The maximum absolute atomic E-state index is 11.6. The third kappa shape index (κ3) is 3.76. The van der Waals surface area contributed by atoms with Gasteiger partial charge in [-0.25, -0.2) is 4.79 Å². The first-order valence-electron chi connectivity index (χ1n) is 5.79. The second-order valence-electron chi connectivity index (χ2n) is 3.62. The molecule has 0 spiro atoms. The van der Waals surface area contributed by atoms with E-state index in [-0.39, 0.29) is 24.6 Å². The fourth-order valence-electron chi connectivity index (χ4n) is 1.48. The third-order valence-electron chi connectivity index (χ3n) is 2.27. The van der Waals surface area contributed by atoms with Crippen molar-refractivity contribution in [1.82, 2.24) is 0 Å². The summed E-state index contributed by atoms with van der Waals surface area (Å²) in [5.74, 6) is -0.821. The summed E-state index contributed by atoms with van der Waals surface area (Å²) in [6, 6.07) is 4.83. The summed E-state index contributed by atoms with van der Waals surface area (Å²) in [6.45, 7) is 4.07. The Labute approximate surface area is 106 Å². The van der Waals surface area contributed by atoms with Crippen molar-refractivity contribution in [2.75, 3.05) is 18.9 Å². The molecule has 5 nitrogen and oxygen atoms in total. The van der Waals surface area contributed by atoms with Crippen LogP contribution in [-0.4, -0.2) is 25.2 Å². The monoisotopic (exact) mass is 251 g/mol. The molecule has 0 aliphatic heterocycles. The number of benzene rings is 1. The summed E-state index contributed by atoms with van der Waals surface area (Å²) >= 11 is 0. The average Bonchev–Trinajstić information content (AvgIpc) is 2.32. The highest BCUT2D eigenvalue weighted by Crippen LogP contribution is 2.16. The van der Waals surface area contributed by atoms with Crippen LogP contribution in [0.2, 0.25) is 0 Å². The second kappa shape index (κ2) is 6.64. The smallest absolute Gasteiger partial charge is 0.340 e.